The minimum Gasteiger partial charge on any atom is -0.481 e. The summed E-state index contributed by atoms with van der Waals surface area (Å²) in [6.45, 7) is 3.86. The van der Waals surface area contributed by atoms with Crippen molar-refractivity contribution < 1.29 is 86.7 Å². The number of hydrogen-bond donors (Lipinski definition) is 8. The van der Waals surface area contributed by atoms with Crippen LogP contribution in [-0.2, 0) is 59.8 Å². The van der Waals surface area contributed by atoms with Gasteiger partial charge in [-0.25, -0.2) is 13.4 Å². The van der Waals surface area contributed by atoms with Gasteiger partial charge in [0, 0.05) is 71.4 Å². The molecule has 29 heteroatoms. The predicted molar refractivity (Wildman–Crippen MR) is 442 cm³/mol. The third-order valence-corrected chi connectivity index (χ3v) is 19.0. The molecule has 13 rings (SSSR count). The maximum Gasteiger partial charge on any atom is 0.310 e. The molecule has 2 atom stereocenters. The van der Waals surface area contributed by atoms with Crippen LogP contribution in [0, 0.1) is 10.1 Å². The molecule has 0 radical (unpaired) electrons. The van der Waals surface area contributed by atoms with Crippen molar-refractivity contribution in [1.29, 1.82) is 0 Å². The number of nitrogens with two attached hydrogens (primary N) is 2. The molecule has 25 nitrogen and oxygen atoms in total. The standard InChI is InChI=1S/C17H15NO3.C15H12BrNO3.C15H13NO3.C15H14O3.C13H12N2O5S.C11H8ClNO2S/c1-11(17(20)21)12-6-8-14(9-7-12)18-10-13-4-2-3-5-15(13)16(18)19;16-11-6-4-9(5-7-11)15(20)12-3-1-2-10(14(12)17)8-13(18)19;16-14-11(9-13(17)18)7-4-8-12(14)15(19)10-5-2-1-3-6-10;1-11(15(16)17)12-6-5-9-14(10-12)18-13-7-3-2-4-8-13;1-21(18,19)14-12-8-7-10(15(16)17)9-13(12)20-11-5-3-2-4-6-11;12-8-3-1-7(2-4-8)11-13-9(6-16-11)5-10(14)15/h2-9,11H,10H2,1H3,(H,20,21);1-7H,8,17H2,(H,18,19);1-8H,9,16H2,(H,17,18);2-11H,1H3,(H,16,17);2-9,14H,1H3;1-4,6H,5H2,(H,14,15). The molecule has 0 saturated heterocycles. The number of anilines is 4. The number of para-hydroxylation sites is 4. The fraction of sp³-hybridized carbons (Fsp3) is 0.105. The number of amides is 1. The lowest BCUT2D eigenvalue weighted by Crippen LogP contribution is -2.23. The van der Waals surface area contributed by atoms with E-state index in [4.69, 9.17) is 58.1 Å². The molecule has 0 saturated carbocycles. The Bertz CT molecular complexity index is 5570. The van der Waals surface area contributed by atoms with E-state index in [1.54, 1.807) is 194 Å². The number of carbonyl (C=O) groups excluding carboxylic acids is 3. The van der Waals surface area contributed by atoms with Gasteiger partial charge < -0.3 is 51.4 Å². The number of sulfonamides is 1. The Kier molecular flexibility index (Phi) is 31.4. The van der Waals surface area contributed by atoms with Crippen LogP contribution in [-0.4, -0.2) is 97.4 Å². The Labute approximate surface area is 677 Å². The molecule has 0 fully saturated rings. The minimum absolute atomic E-state index is 0.00960. The SMILES string of the molecule is CC(C(=O)O)c1ccc(N2Cc3ccccc3C2=O)cc1.CC(C(=O)O)c1cccc(Oc2ccccc2)c1.CS(=O)(=O)Nc1ccc([N+](=O)[O-])cc1Oc1ccccc1.Nc1c(CC(=O)O)cccc1C(=O)c1ccc(Br)cc1.Nc1c(CC(=O)O)cccc1C(=O)c1ccccc1.O=C(O)Cc1csc(-c2ccc(Cl)cc2)n1. The number of nitro benzene ring substituents is 1. The van der Waals surface area contributed by atoms with E-state index in [2.05, 4.69) is 25.6 Å². The van der Waals surface area contributed by atoms with Crippen molar-refractivity contribution in [3.05, 3.63) is 353 Å². The first kappa shape index (κ1) is 86.9. The molecule has 10 N–H and O–H groups in total. The number of ether oxygens (including phenoxy) is 2. The number of non-ortho nitro benzene ring substituents is 1. The number of carbonyl (C=O) groups is 8. The quantitative estimate of drug-likeness (QED) is 0.0128. The zero-order valence-corrected chi connectivity index (χ0v) is 65.5. The summed E-state index contributed by atoms with van der Waals surface area (Å²) in [6, 6.07) is 76.2. The fourth-order valence-electron chi connectivity index (χ4n) is 10.8. The molecule has 1 aliphatic rings. The van der Waals surface area contributed by atoms with E-state index in [1.165, 1.54) is 29.5 Å². The van der Waals surface area contributed by atoms with Crippen LogP contribution in [0.2, 0.25) is 5.02 Å². The summed E-state index contributed by atoms with van der Waals surface area (Å²) >= 11 is 10.5. The summed E-state index contributed by atoms with van der Waals surface area (Å²) in [4.78, 5) is 107. The first-order valence-corrected chi connectivity index (χ1v) is 38.5. The van der Waals surface area contributed by atoms with Crippen LogP contribution >= 0.6 is 38.9 Å². The molecule has 0 spiro atoms. The van der Waals surface area contributed by atoms with Gasteiger partial charge in [0.05, 0.1) is 66.3 Å². The van der Waals surface area contributed by atoms with Crippen LogP contribution in [0.5, 0.6) is 23.0 Å². The maximum absolute atomic E-state index is 12.4. The highest BCUT2D eigenvalue weighted by atomic mass is 79.9. The predicted octanol–water partition coefficient (Wildman–Crippen LogP) is 17.6. The number of aliphatic carboxylic acids is 5. The van der Waals surface area contributed by atoms with Gasteiger partial charge in [-0.1, -0.05) is 173 Å². The minimum atomic E-state index is -3.52. The number of benzene rings is 11. The van der Waals surface area contributed by atoms with Crippen molar-refractivity contribution in [2.75, 3.05) is 27.3 Å². The molecular formula is C86H74BrClN6O19S2. The summed E-state index contributed by atoms with van der Waals surface area (Å²) in [5.74, 6) is -4.17. The molecule has 115 heavy (non-hydrogen) atoms. The summed E-state index contributed by atoms with van der Waals surface area (Å²) in [6.07, 6.45) is 0.555. The third-order valence-electron chi connectivity index (χ3n) is 16.7. The van der Waals surface area contributed by atoms with Gasteiger partial charge >= 0.3 is 29.8 Å². The van der Waals surface area contributed by atoms with E-state index in [0.29, 0.717) is 62.1 Å². The van der Waals surface area contributed by atoms with Gasteiger partial charge in [0.15, 0.2) is 17.3 Å². The van der Waals surface area contributed by atoms with Crippen molar-refractivity contribution >= 4 is 125 Å². The molecule has 0 bridgehead atoms. The Balaban J connectivity index is 0.000000173. The molecule has 1 aliphatic heterocycles. The largest absolute Gasteiger partial charge is 0.481 e. The van der Waals surface area contributed by atoms with Crippen molar-refractivity contribution in [1.82, 2.24) is 4.98 Å². The first-order chi connectivity index (χ1) is 54.8. The van der Waals surface area contributed by atoms with Crippen LogP contribution < -0.4 is 30.6 Å². The van der Waals surface area contributed by atoms with Gasteiger partial charge in [-0.05, 0) is 151 Å². The number of carboxylic acid groups (broad SMARTS) is 5. The van der Waals surface area contributed by atoms with E-state index in [9.17, 15) is 56.9 Å². The van der Waals surface area contributed by atoms with E-state index >= 15 is 0 Å². The number of rotatable bonds is 23. The number of thiazole rings is 1. The molecule has 2 heterocycles. The summed E-state index contributed by atoms with van der Waals surface area (Å²) in [7, 11) is -3.52. The van der Waals surface area contributed by atoms with Crippen LogP contribution in [0.3, 0.4) is 0 Å². The normalized spacial score (nSPS) is 11.5. The zero-order valence-electron chi connectivity index (χ0n) is 61.5. The van der Waals surface area contributed by atoms with Crippen LogP contribution in [0.15, 0.2) is 277 Å². The lowest BCUT2D eigenvalue weighted by Gasteiger charge is -2.16. The lowest BCUT2D eigenvalue weighted by molar-refractivity contribution is -0.384. The van der Waals surface area contributed by atoms with Crippen LogP contribution in [0.4, 0.5) is 28.4 Å². The van der Waals surface area contributed by atoms with E-state index in [0.717, 1.165) is 55.0 Å². The topological polar surface area (TPSA) is 414 Å². The van der Waals surface area contributed by atoms with E-state index in [1.807, 2.05) is 78.9 Å². The summed E-state index contributed by atoms with van der Waals surface area (Å²) in [5.41, 5.74) is 20.3. The number of halogens is 2. The highest BCUT2D eigenvalue weighted by molar-refractivity contribution is 9.10. The molecule has 0 aliphatic carbocycles. The average Bonchev–Trinajstić information content (AvgIpc) is 1.68. The second-order valence-electron chi connectivity index (χ2n) is 25.1. The lowest BCUT2D eigenvalue weighted by atomic mass is 9.98. The summed E-state index contributed by atoms with van der Waals surface area (Å²) < 4.78 is 37.0. The average molecular weight is 1680 g/mol. The molecule has 2 unspecified atom stereocenters. The number of ketones is 2. The Hall–Kier alpha value is -13.7. The highest BCUT2D eigenvalue weighted by Gasteiger charge is 2.29. The number of nitrogens with zero attached hydrogens (tertiary/aromatic N) is 3. The number of hydrogen-bond acceptors (Lipinski definition) is 18. The van der Waals surface area contributed by atoms with E-state index < -0.39 is 56.6 Å². The van der Waals surface area contributed by atoms with Crippen LogP contribution in [0.1, 0.15) is 101 Å². The number of nitrogen functional groups attached to an aromatic ring is 2. The van der Waals surface area contributed by atoms with Gasteiger partial charge in [-0.2, -0.15) is 0 Å². The van der Waals surface area contributed by atoms with Crippen molar-refractivity contribution in [3.8, 4) is 33.6 Å². The van der Waals surface area contributed by atoms with Crippen LogP contribution in [0.25, 0.3) is 10.6 Å². The van der Waals surface area contributed by atoms with Gasteiger partial charge in [-0.15, -0.1) is 11.3 Å². The Morgan fingerprint density at radius 2 is 1.06 bits per heavy atom. The molecule has 12 aromatic rings. The number of nitrogens with one attached hydrogen (secondary N) is 1. The fourth-order valence-corrected chi connectivity index (χ4v) is 12.6. The van der Waals surface area contributed by atoms with Crippen molar-refractivity contribution in [3.63, 3.8) is 0 Å². The van der Waals surface area contributed by atoms with Crippen molar-refractivity contribution in [2.24, 2.45) is 0 Å². The second-order valence-corrected chi connectivity index (χ2v) is 29.1. The Morgan fingerprint density at radius 3 is 1.57 bits per heavy atom. The summed E-state index contributed by atoms with van der Waals surface area (Å²) in [5, 5.41) is 58.3. The third kappa shape index (κ3) is 26.2. The zero-order chi connectivity index (χ0) is 83.5. The molecule has 1 amide bonds. The number of aromatic nitrogens is 1. The molecule has 1 aromatic heterocycles. The number of fused-ring (bicyclic) bond motifs is 1. The molecule has 11 aromatic carbocycles. The first-order valence-electron chi connectivity index (χ1n) is 34.6. The van der Waals surface area contributed by atoms with E-state index in [-0.39, 0.29) is 65.2 Å². The number of nitro groups is 1. The monoisotopic (exact) mass is 1670 g/mol. The highest BCUT2D eigenvalue weighted by Crippen LogP contribution is 2.35. The number of carboxylic acids is 5. The van der Waals surface area contributed by atoms with Gasteiger partial charge in [-0.3, -0.25) is 53.2 Å². The smallest absolute Gasteiger partial charge is 0.310 e. The van der Waals surface area contributed by atoms with Gasteiger partial charge in [0.2, 0.25) is 10.0 Å². The van der Waals surface area contributed by atoms with Gasteiger partial charge in [0.25, 0.3) is 11.6 Å². The van der Waals surface area contributed by atoms with Crippen molar-refractivity contribution in [2.45, 2.75) is 51.5 Å². The Morgan fingerprint density at radius 1 is 0.574 bits per heavy atom. The maximum atomic E-state index is 12.4. The molecule has 588 valence electrons. The second kappa shape index (κ2) is 41.6. The van der Waals surface area contributed by atoms with Gasteiger partial charge in [0.1, 0.15) is 22.3 Å². The molecular weight excluding hydrogens is 1600 g/mol.